The standard InChI is InChI=1S/C17H31NO3/c1-3-5-9-14(4-2)16(21)18-13-17(12-15(19)20)10-7-6-8-11-17/h14H,3-13H2,1-2H3,(H,18,21)(H,19,20). The third kappa shape index (κ3) is 6.06. The van der Waals surface area contributed by atoms with Crippen molar-refractivity contribution < 1.29 is 14.7 Å². The Labute approximate surface area is 128 Å². The molecule has 1 rings (SSSR count). The highest BCUT2D eigenvalue weighted by Crippen LogP contribution is 2.38. The van der Waals surface area contributed by atoms with Gasteiger partial charge in [-0.1, -0.05) is 46.0 Å². The van der Waals surface area contributed by atoms with Crippen molar-refractivity contribution in [3.8, 4) is 0 Å². The van der Waals surface area contributed by atoms with Crippen molar-refractivity contribution in [2.24, 2.45) is 11.3 Å². The summed E-state index contributed by atoms with van der Waals surface area (Å²) in [4.78, 5) is 23.4. The molecular weight excluding hydrogens is 266 g/mol. The largest absolute Gasteiger partial charge is 0.481 e. The summed E-state index contributed by atoms with van der Waals surface area (Å²) in [5.74, 6) is -0.555. The van der Waals surface area contributed by atoms with Gasteiger partial charge in [0.1, 0.15) is 0 Å². The smallest absolute Gasteiger partial charge is 0.303 e. The molecule has 122 valence electrons. The van der Waals surface area contributed by atoms with Gasteiger partial charge < -0.3 is 10.4 Å². The Morgan fingerprint density at radius 2 is 1.86 bits per heavy atom. The molecule has 0 aliphatic heterocycles. The number of carboxylic acid groups (broad SMARTS) is 1. The van der Waals surface area contributed by atoms with Gasteiger partial charge in [-0.05, 0) is 31.1 Å². The third-order valence-corrected chi connectivity index (χ3v) is 4.85. The first-order chi connectivity index (χ1) is 10.0. The van der Waals surface area contributed by atoms with E-state index in [9.17, 15) is 9.59 Å². The zero-order valence-electron chi connectivity index (χ0n) is 13.6. The Bertz CT molecular complexity index is 335. The van der Waals surface area contributed by atoms with Crippen LogP contribution in [0.5, 0.6) is 0 Å². The second-order valence-corrected chi connectivity index (χ2v) is 6.60. The monoisotopic (exact) mass is 297 g/mol. The maximum absolute atomic E-state index is 12.3. The maximum Gasteiger partial charge on any atom is 0.303 e. The van der Waals surface area contributed by atoms with Gasteiger partial charge in [0.2, 0.25) is 5.91 Å². The van der Waals surface area contributed by atoms with Crippen LogP contribution in [0.3, 0.4) is 0 Å². The van der Waals surface area contributed by atoms with E-state index in [0.717, 1.165) is 51.4 Å². The fourth-order valence-electron chi connectivity index (χ4n) is 3.43. The maximum atomic E-state index is 12.3. The molecule has 0 bridgehead atoms. The minimum absolute atomic E-state index is 0.0791. The number of nitrogens with one attached hydrogen (secondary N) is 1. The van der Waals surface area contributed by atoms with Gasteiger partial charge in [0.25, 0.3) is 0 Å². The first-order valence-electron chi connectivity index (χ1n) is 8.52. The summed E-state index contributed by atoms with van der Waals surface area (Å²) in [5, 5.41) is 12.2. The molecule has 0 saturated heterocycles. The van der Waals surface area contributed by atoms with E-state index in [1.165, 1.54) is 6.42 Å². The van der Waals surface area contributed by atoms with Crippen LogP contribution in [0, 0.1) is 11.3 Å². The van der Waals surface area contributed by atoms with Crippen LogP contribution >= 0.6 is 0 Å². The van der Waals surface area contributed by atoms with Crippen molar-refractivity contribution in [1.29, 1.82) is 0 Å². The van der Waals surface area contributed by atoms with E-state index in [4.69, 9.17) is 5.11 Å². The second kappa shape index (κ2) is 9.06. The Balaban J connectivity index is 2.54. The van der Waals surface area contributed by atoms with Crippen LogP contribution in [-0.2, 0) is 9.59 Å². The number of carboxylic acids is 1. The Hall–Kier alpha value is -1.06. The molecule has 1 atom stereocenters. The highest BCUT2D eigenvalue weighted by Gasteiger charge is 2.35. The number of unbranched alkanes of at least 4 members (excludes halogenated alkanes) is 1. The first-order valence-corrected chi connectivity index (χ1v) is 8.52. The summed E-state index contributed by atoms with van der Waals surface area (Å²) < 4.78 is 0. The normalized spacial score (nSPS) is 19.0. The molecule has 1 aliphatic carbocycles. The van der Waals surface area contributed by atoms with Crippen molar-refractivity contribution in [2.75, 3.05) is 6.54 Å². The molecular formula is C17H31NO3. The Kier molecular flexibility index (Phi) is 7.76. The number of carbonyl (C=O) groups is 2. The molecule has 1 fully saturated rings. The minimum atomic E-state index is -0.746. The lowest BCUT2D eigenvalue weighted by Gasteiger charge is -2.36. The lowest BCUT2D eigenvalue weighted by molar-refractivity contribution is -0.141. The predicted octanol–water partition coefficient (Wildman–Crippen LogP) is 3.74. The zero-order valence-corrected chi connectivity index (χ0v) is 13.6. The molecule has 0 aromatic heterocycles. The lowest BCUT2D eigenvalue weighted by atomic mass is 9.71. The molecule has 1 saturated carbocycles. The van der Waals surface area contributed by atoms with E-state index >= 15 is 0 Å². The van der Waals surface area contributed by atoms with E-state index in [0.29, 0.717) is 6.54 Å². The van der Waals surface area contributed by atoms with Crippen LogP contribution < -0.4 is 5.32 Å². The molecule has 21 heavy (non-hydrogen) atoms. The highest BCUT2D eigenvalue weighted by atomic mass is 16.4. The van der Waals surface area contributed by atoms with Crippen molar-refractivity contribution in [1.82, 2.24) is 5.32 Å². The summed E-state index contributed by atoms with van der Waals surface area (Å²) in [6.07, 6.45) is 9.34. The van der Waals surface area contributed by atoms with Gasteiger partial charge in [0.15, 0.2) is 0 Å². The van der Waals surface area contributed by atoms with Crippen LogP contribution in [0.25, 0.3) is 0 Å². The van der Waals surface area contributed by atoms with Crippen LogP contribution in [-0.4, -0.2) is 23.5 Å². The number of aliphatic carboxylic acids is 1. The summed E-state index contributed by atoms with van der Waals surface area (Å²) in [7, 11) is 0. The van der Waals surface area contributed by atoms with Gasteiger partial charge >= 0.3 is 5.97 Å². The van der Waals surface area contributed by atoms with Gasteiger partial charge in [-0.3, -0.25) is 9.59 Å². The Morgan fingerprint density at radius 1 is 1.19 bits per heavy atom. The molecule has 2 N–H and O–H groups in total. The fourth-order valence-corrected chi connectivity index (χ4v) is 3.43. The molecule has 4 heteroatoms. The molecule has 1 aliphatic rings. The van der Waals surface area contributed by atoms with E-state index in [1.54, 1.807) is 0 Å². The van der Waals surface area contributed by atoms with Crippen molar-refractivity contribution in [3.63, 3.8) is 0 Å². The highest BCUT2D eigenvalue weighted by molar-refractivity contribution is 5.78. The Morgan fingerprint density at radius 3 is 2.38 bits per heavy atom. The summed E-state index contributed by atoms with van der Waals surface area (Å²) in [6.45, 7) is 4.71. The molecule has 1 unspecified atom stereocenters. The van der Waals surface area contributed by atoms with Crippen molar-refractivity contribution in [3.05, 3.63) is 0 Å². The van der Waals surface area contributed by atoms with Gasteiger partial charge in [-0.15, -0.1) is 0 Å². The van der Waals surface area contributed by atoms with Gasteiger partial charge in [0.05, 0.1) is 6.42 Å². The number of hydrogen-bond donors (Lipinski definition) is 2. The van der Waals surface area contributed by atoms with Crippen LogP contribution in [0.15, 0.2) is 0 Å². The molecule has 0 aromatic carbocycles. The molecule has 0 spiro atoms. The molecule has 0 aromatic rings. The molecule has 0 radical (unpaired) electrons. The van der Waals surface area contributed by atoms with E-state index < -0.39 is 5.97 Å². The van der Waals surface area contributed by atoms with Gasteiger partial charge in [0, 0.05) is 12.5 Å². The van der Waals surface area contributed by atoms with Crippen LogP contribution in [0.2, 0.25) is 0 Å². The summed E-state index contributed by atoms with van der Waals surface area (Å²) in [5.41, 5.74) is -0.219. The average Bonchev–Trinajstić information content (AvgIpc) is 2.46. The quantitative estimate of drug-likeness (QED) is 0.681. The number of amides is 1. The summed E-state index contributed by atoms with van der Waals surface area (Å²) >= 11 is 0. The lowest BCUT2D eigenvalue weighted by Crippen LogP contribution is -2.42. The SMILES string of the molecule is CCCCC(CC)C(=O)NCC1(CC(=O)O)CCCCC1. The van der Waals surface area contributed by atoms with Crippen molar-refractivity contribution in [2.45, 2.75) is 78.1 Å². The van der Waals surface area contributed by atoms with Gasteiger partial charge in [-0.25, -0.2) is 0 Å². The van der Waals surface area contributed by atoms with Crippen molar-refractivity contribution >= 4 is 11.9 Å². The summed E-state index contributed by atoms with van der Waals surface area (Å²) in [6, 6.07) is 0. The van der Waals surface area contributed by atoms with E-state index in [-0.39, 0.29) is 23.7 Å². The fraction of sp³-hybridized carbons (Fsp3) is 0.882. The van der Waals surface area contributed by atoms with Gasteiger partial charge in [-0.2, -0.15) is 0 Å². The third-order valence-electron chi connectivity index (χ3n) is 4.85. The second-order valence-electron chi connectivity index (χ2n) is 6.60. The van der Waals surface area contributed by atoms with E-state index in [2.05, 4.69) is 12.2 Å². The number of carbonyl (C=O) groups excluding carboxylic acids is 1. The minimum Gasteiger partial charge on any atom is -0.481 e. The van der Waals surface area contributed by atoms with E-state index in [1.807, 2.05) is 6.92 Å². The average molecular weight is 297 g/mol. The van der Waals surface area contributed by atoms with Crippen LogP contribution in [0.1, 0.15) is 78.1 Å². The molecule has 4 nitrogen and oxygen atoms in total. The molecule has 1 amide bonds. The molecule has 0 heterocycles. The van der Waals surface area contributed by atoms with Crippen LogP contribution in [0.4, 0.5) is 0 Å². The number of rotatable bonds is 9. The predicted molar refractivity (Wildman–Crippen MR) is 84.1 cm³/mol. The zero-order chi connectivity index (χ0) is 15.7. The first kappa shape index (κ1) is 18.0. The topological polar surface area (TPSA) is 66.4 Å². The number of hydrogen-bond acceptors (Lipinski definition) is 2.